The minimum absolute atomic E-state index is 0.0174. The van der Waals surface area contributed by atoms with Crippen molar-refractivity contribution in [3.05, 3.63) is 30.2 Å². The summed E-state index contributed by atoms with van der Waals surface area (Å²) in [6.45, 7) is 0. The Labute approximate surface area is 186 Å². The van der Waals surface area contributed by atoms with Crippen LogP contribution in [-0.4, -0.2) is 39.3 Å². The van der Waals surface area contributed by atoms with Crippen LogP contribution in [-0.2, 0) is 4.79 Å². The lowest BCUT2D eigenvalue weighted by Gasteiger charge is -2.26. The third-order valence-corrected chi connectivity index (χ3v) is 6.24. The van der Waals surface area contributed by atoms with Gasteiger partial charge in [0.1, 0.15) is 5.75 Å². The third kappa shape index (κ3) is 5.99. The van der Waals surface area contributed by atoms with Crippen LogP contribution in [0.15, 0.2) is 28.7 Å². The number of ether oxygens (including phenoxy) is 1. The topological polar surface area (TPSA) is 127 Å². The molecule has 0 saturated heterocycles. The Morgan fingerprint density at radius 1 is 0.938 bits per heavy atom. The second-order valence-corrected chi connectivity index (χ2v) is 8.65. The molecule has 172 valence electrons. The Hall–Kier alpha value is -3.10. The average molecular weight is 443 g/mol. The lowest BCUT2D eigenvalue weighted by molar-refractivity contribution is -0.143. The first kappa shape index (κ1) is 22.1. The van der Waals surface area contributed by atoms with Crippen LogP contribution in [0.25, 0.3) is 0 Å². The molecule has 2 aliphatic carbocycles. The number of hydrogen-bond donors (Lipinski definition) is 3. The van der Waals surface area contributed by atoms with Gasteiger partial charge in [0.2, 0.25) is 0 Å². The summed E-state index contributed by atoms with van der Waals surface area (Å²) >= 11 is 0. The summed E-state index contributed by atoms with van der Waals surface area (Å²) in [7, 11) is 0. The largest absolute Gasteiger partial charge is 0.490 e. The van der Waals surface area contributed by atoms with E-state index in [2.05, 4.69) is 20.8 Å². The molecule has 4 rings (SSSR count). The number of carbonyl (C=O) groups is 2. The van der Waals surface area contributed by atoms with Gasteiger partial charge in [-0.3, -0.25) is 9.59 Å². The molecule has 3 N–H and O–H groups in total. The Kier molecular flexibility index (Phi) is 7.24. The van der Waals surface area contributed by atoms with Gasteiger partial charge in [0.25, 0.3) is 0 Å². The van der Waals surface area contributed by atoms with Crippen LogP contribution >= 0.6 is 0 Å². The van der Waals surface area contributed by atoms with Crippen LogP contribution in [0.3, 0.4) is 0 Å². The van der Waals surface area contributed by atoms with E-state index in [-0.39, 0.29) is 23.9 Å². The minimum Gasteiger partial charge on any atom is -0.490 e. The zero-order valence-corrected chi connectivity index (χ0v) is 18.1. The average Bonchev–Trinajstić information content (AvgIpc) is 3.11. The molecule has 9 nitrogen and oxygen atoms in total. The van der Waals surface area contributed by atoms with Gasteiger partial charge >= 0.3 is 23.8 Å². The Balaban J connectivity index is 1.26. The second-order valence-electron chi connectivity index (χ2n) is 8.65. The van der Waals surface area contributed by atoms with Gasteiger partial charge in [-0.05, 0) is 62.8 Å². The SMILES string of the molecule is O=C(Nc1ccc(OC2CCC(C(=O)O)CC2)cc1)c1nnc(NC2CCCCCC2)o1. The number of carboxylic acids is 1. The van der Waals surface area contributed by atoms with Crippen molar-refractivity contribution in [2.75, 3.05) is 10.6 Å². The van der Waals surface area contributed by atoms with Gasteiger partial charge in [-0.2, -0.15) is 0 Å². The fourth-order valence-electron chi connectivity index (χ4n) is 4.39. The van der Waals surface area contributed by atoms with Crippen LogP contribution in [0.2, 0.25) is 0 Å². The van der Waals surface area contributed by atoms with Gasteiger partial charge in [0.15, 0.2) is 0 Å². The van der Waals surface area contributed by atoms with Gasteiger partial charge in [-0.15, -0.1) is 5.10 Å². The summed E-state index contributed by atoms with van der Waals surface area (Å²) in [5.41, 5.74) is 0.591. The van der Waals surface area contributed by atoms with E-state index in [4.69, 9.17) is 14.3 Å². The van der Waals surface area contributed by atoms with Gasteiger partial charge in [-0.25, -0.2) is 0 Å². The number of nitrogens with zero attached hydrogens (tertiary/aromatic N) is 2. The lowest BCUT2D eigenvalue weighted by Crippen LogP contribution is -2.27. The highest BCUT2D eigenvalue weighted by Crippen LogP contribution is 2.28. The first-order valence-electron chi connectivity index (χ1n) is 11.5. The van der Waals surface area contributed by atoms with Crippen molar-refractivity contribution >= 4 is 23.6 Å². The molecular formula is C23H30N4O5. The molecule has 2 aliphatic rings. The normalized spacial score (nSPS) is 22.0. The maximum absolute atomic E-state index is 12.4. The van der Waals surface area contributed by atoms with Crippen molar-refractivity contribution in [1.29, 1.82) is 0 Å². The number of aromatic nitrogens is 2. The van der Waals surface area contributed by atoms with Crippen LogP contribution in [0.5, 0.6) is 5.75 Å². The fraction of sp³-hybridized carbons (Fsp3) is 0.565. The zero-order valence-electron chi connectivity index (χ0n) is 18.1. The molecule has 1 heterocycles. The standard InChI is InChI=1S/C23H30N4O5/c28-20(21-26-27-23(32-21)25-16-5-3-1-2-4-6-16)24-17-9-13-19(14-10-17)31-18-11-7-15(8-12-18)22(29)30/h9-10,13-16,18H,1-8,11-12H2,(H,24,28)(H,25,27)(H,29,30). The predicted molar refractivity (Wildman–Crippen MR) is 118 cm³/mol. The van der Waals surface area contributed by atoms with Crippen LogP contribution in [0.4, 0.5) is 11.7 Å². The molecule has 0 atom stereocenters. The molecule has 1 amide bonds. The van der Waals surface area contributed by atoms with E-state index < -0.39 is 11.9 Å². The molecule has 0 radical (unpaired) electrons. The number of amides is 1. The molecule has 2 saturated carbocycles. The summed E-state index contributed by atoms with van der Waals surface area (Å²) in [4.78, 5) is 23.5. The summed E-state index contributed by atoms with van der Waals surface area (Å²) < 4.78 is 11.5. The number of rotatable bonds is 7. The van der Waals surface area contributed by atoms with Gasteiger partial charge in [0.05, 0.1) is 12.0 Å². The predicted octanol–water partition coefficient (Wildman–Crippen LogP) is 4.48. The molecule has 2 fully saturated rings. The number of carboxylic acid groups (broad SMARTS) is 1. The second kappa shape index (κ2) is 10.5. The highest BCUT2D eigenvalue weighted by atomic mass is 16.5. The number of anilines is 2. The van der Waals surface area contributed by atoms with Gasteiger partial charge < -0.3 is 24.9 Å². The van der Waals surface area contributed by atoms with E-state index in [9.17, 15) is 9.59 Å². The number of aliphatic carboxylic acids is 1. The summed E-state index contributed by atoms with van der Waals surface area (Å²) in [5, 5.41) is 22.9. The molecule has 32 heavy (non-hydrogen) atoms. The molecule has 0 unspecified atom stereocenters. The van der Waals surface area contributed by atoms with E-state index in [0.29, 0.717) is 30.3 Å². The number of carbonyl (C=O) groups excluding carboxylic acids is 1. The Bertz CT molecular complexity index is 897. The maximum atomic E-state index is 12.4. The molecule has 0 spiro atoms. The maximum Gasteiger partial charge on any atom is 0.316 e. The van der Waals surface area contributed by atoms with Crippen LogP contribution in [0.1, 0.15) is 74.9 Å². The van der Waals surface area contributed by atoms with E-state index in [1.807, 2.05) is 0 Å². The van der Waals surface area contributed by atoms with Gasteiger partial charge in [0, 0.05) is 11.7 Å². The molecule has 1 aromatic carbocycles. The smallest absolute Gasteiger partial charge is 0.316 e. The van der Waals surface area contributed by atoms with Crippen molar-refractivity contribution in [2.24, 2.45) is 5.92 Å². The van der Waals surface area contributed by atoms with E-state index in [0.717, 1.165) is 25.7 Å². The molecule has 0 bridgehead atoms. The third-order valence-electron chi connectivity index (χ3n) is 6.24. The number of benzene rings is 1. The Morgan fingerprint density at radius 3 is 2.28 bits per heavy atom. The van der Waals surface area contributed by atoms with Crippen molar-refractivity contribution in [3.63, 3.8) is 0 Å². The lowest BCUT2D eigenvalue weighted by atomic mass is 9.87. The highest BCUT2D eigenvalue weighted by Gasteiger charge is 2.27. The summed E-state index contributed by atoms with van der Waals surface area (Å²) in [6, 6.07) is 7.65. The van der Waals surface area contributed by atoms with E-state index in [1.54, 1.807) is 24.3 Å². The van der Waals surface area contributed by atoms with Crippen LogP contribution < -0.4 is 15.4 Å². The van der Waals surface area contributed by atoms with Gasteiger partial charge in [-0.1, -0.05) is 30.8 Å². The molecule has 0 aliphatic heterocycles. The van der Waals surface area contributed by atoms with Crippen molar-refractivity contribution in [1.82, 2.24) is 10.2 Å². The van der Waals surface area contributed by atoms with Crippen molar-refractivity contribution in [3.8, 4) is 5.75 Å². The quantitative estimate of drug-likeness (QED) is 0.536. The summed E-state index contributed by atoms with van der Waals surface area (Å²) in [5.74, 6) is -0.852. The molecule has 2 aromatic rings. The summed E-state index contributed by atoms with van der Waals surface area (Å²) in [6.07, 6.45) is 9.75. The molecular weight excluding hydrogens is 412 g/mol. The van der Waals surface area contributed by atoms with E-state index in [1.165, 1.54) is 25.7 Å². The van der Waals surface area contributed by atoms with E-state index >= 15 is 0 Å². The zero-order chi connectivity index (χ0) is 22.3. The monoisotopic (exact) mass is 442 g/mol. The first-order chi connectivity index (χ1) is 15.6. The number of nitrogens with one attached hydrogen (secondary N) is 2. The Morgan fingerprint density at radius 2 is 1.62 bits per heavy atom. The first-order valence-corrected chi connectivity index (χ1v) is 11.5. The molecule has 1 aromatic heterocycles. The van der Waals surface area contributed by atoms with Crippen molar-refractivity contribution in [2.45, 2.75) is 76.4 Å². The molecule has 9 heteroatoms. The number of hydrogen-bond acceptors (Lipinski definition) is 7. The van der Waals surface area contributed by atoms with Crippen molar-refractivity contribution < 1.29 is 23.8 Å². The minimum atomic E-state index is -0.725. The fourth-order valence-corrected chi connectivity index (χ4v) is 4.39. The van der Waals surface area contributed by atoms with Crippen LogP contribution in [0, 0.1) is 5.92 Å². The highest BCUT2D eigenvalue weighted by molar-refractivity contribution is 6.00.